The minimum atomic E-state index is -0.196. The molecule has 1 aromatic heterocycles. The van der Waals surface area contributed by atoms with Crippen LogP contribution < -0.4 is 0 Å². The van der Waals surface area contributed by atoms with Crippen molar-refractivity contribution in [2.75, 3.05) is 5.75 Å². The molecule has 17 heavy (non-hydrogen) atoms. The molecule has 0 amide bonds. The Bertz CT molecular complexity index is 529. The lowest BCUT2D eigenvalue weighted by Crippen LogP contribution is -1.97. The van der Waals surface area contributed by atoms with Gasteiger partial charge in [0.15, 0.2) is 0 Å². The lowest BCUT2D eigenvalue weighted by Gasteiger charge is -2.04. The second-order valence-corrected chi connectivity index (χ2v) is 4.24. The smallest absolute Gasteiger partial charge is 0.129 e. The zero-order chi connectivity index (χ0) is 12.3. The van der Waals surface area contributed by atoms with Gasteiger partial charge in [0.1, 0.15) is 11.6 Å². The van der Waals surface area contributed by atoms with Crippen molar-refractivity contribution in [1.82, 2.24) is 9.97 Å². The van der Waals surface area contributed by atoms with Crippen molar-refractivity contribution in [3.05, 3.63) is 47.7 Å². The SMILES string of the molecule is Cc1cc(-c2ccnc(CCS)n2)ccc1F. The number of rotatable bonds is 3. The fourth-order valence-electron chi connectivity index (χ4n) is 1.58. The van der Waals surface area contributed by atoms with Crippen molar-refractivity contribution < 1.29 is 4.39 Å². The summed E-state index contributed by atoms with van der Waals surface area (Å²) in [6.45, 7) is 1.74. The van der Waals surface area contributed by atoms with Gasteiger partial charge in [0.05, 0.1) is 5.69 Å². The Labute approximate surface area is 105 Å². The summed E-state index contributed by atoms with van der Waals surface area (Å²) >= 11 is 4.15. The highest BCUT2D eigenvalue weighted by atomic mass is 32.1. The van der Waals surface area contributed by atoms with Crippen molar-refractivity contribution in [3.8, 4) is 11.3 Å². The molecule has 0 unspecified atom stereocenters. The van der Waals surface area contributed by atoms with Gasteiger partial charge in [-0.3, -0.25) is 0 Å². The third-order valence-corrected chi connectivity index (χ3v) is 2.72. The first kappa shape index (κ1) is 12.0. The molecule has 2 aromatic rings. The number of benzene rings is 1. The molecule has 0 atom stereocenters. The van der Waals surface area contributed by atoms with Gasteiger partial charge in [-0.2, -0.15) is 12.6 Å². The summed E-state index contributed by atoms with van der Waals surface area (Å²) in [6, 6.07) is 6.82. The van der Waals surface area contributed by atoms with E-state index in [4.69, 9.17) is 0 Å². The molecule has 0 fully saturated rings. The number of aromatic nitrogens is 2. The minimum Gasteiger partial charge on any atom is -0.241 e. The summed E-state index contributed by atoms with van der Waals surface area (Å²) in [7, 11) is 0. The lowest BCUT2D eigenvalue weighted by molar-refractivity contribution is 0.619. The average molecular weight is 248 g/mol. The van der Waals surface area contributed by atoms with Crippen LogP contribution >= 0.6 is 12.6 Å². The van der Waals surface area contributed by atoms with Crippen LogP contribution in [-0.4, -0.2) is 15.7 Å². The number of aryl methyl sites for hydroxylation is 2. The lowest BCUT2D eigenvalue weighted by atomic mass is 10.1. The van der Waals surface area contributed by atoms with Gasteiger partial charge in [0.25, 0.3) is 0 Å². The molecule has 0 saturated heterocycles. The largest absolute Gasteiger partial charge is 0.241 e. The van der Waals surface area contributed by atoms with Crippen molar-refractivity contribution in [1.29, 1.82) is 0 Å². The van der Waals surface area contributed by atoms with E-state index in [2.05, 4.69) is 22.6 Å². The first-order chi connectivity index (χ1) is 8.20. The maximum Gasteiger partial charge on any atom is 0.129 e. The van der Waals surface area contributed by atoms with Crippen LogP contribution in [0.2, 0.25) is 0 Å². The maximum absolute atomic E-state index is 13.2. The second kappa shape index (κ2) is 5.27. The molecule has 0 aliphatic carbocycles. The molecule has 4 heteroatoms. The van der Waals surface area contributed by atoms with Gasteiger partial charge in [-0.15, -0.1) is 0 Å². The summed E-state index contributed by atoms with van der Waals surface area (Å²) in [6.07, 6.45) is 2.46. The second-order valence-electron chi connectivity index (χ2n) is 3.80. The summed E-state index contributed by atoms with van der Waals surface area (Å²) in [4.78, 5) is 8.58. The first-order valence-corrected chi connectivity index (χ1v) is 6.03. The number of thiol groups is 1. The van der Waals surface area contributed by atoms with Crippen LogP contribution in [0.1, 0.15) is 11.4 Å². The van der Waals surface area contributed by atoms with Gasteiger partial charge in [-0.05, 0) is 42.5 Å². The first-order valence-electron chi connectivity index (χ1n) is 5.40. The van der Waals surface area contributed by atoms with Crippen LogP contribution in [0.4, 0.5) is 4.39 Å². The van der Waals surface area contributed by atoms with Gasteiger partial charge in [-0.1, -0.05) is 0 Å². The minimum absolute atomic E-state index is 0.196. The standard InChI is InChI=1S/C13H13FN2S/c1-9-8-10(2-3-11(9)14)12-4-6-15-13(16-12)5-7-17/h2-4,6,8,17H,5,7H2,1H3. The summed E-state index contributed by atoms with van der Waals surface area (Å²) < 4.78 is 13.2. The predicted octanol–water partition coefficient (Wildman–Crippen LogP) is 3.06. The summed E-state index contributed by atoms with van der Waals surface area (Å²) in [5.41, 5.74) is 2.35. The number of halogens is 1. The molecule has 2 nitrogen and oxygen atoms in total. The third kappa shape index (κ3) is 2.82. The van der Waals surface area contributed by atoms with Crippen LogP contribution in [0.5, 0.6) is 0 Å². The quantitative estimate of drug-likeness (QED) is 0.845. The molecule has 0 N–H and O–H groups in total. The zero-order valence-corrected chi connectivity index (χ0v) is 10.4. The highest BCUT2D eigenvalue weighted by Crippen LogP contribution is 2.19. The maximum atomic E-state index is 13.2. The van der Waals surface area contributed by atoms with E-state index in [1.165, 1.54) is 6.07 Å². The van der Waals surface area contributed by atoms with Gasteiger partial charge >= 0.3 is 0 Å². The number of hydrogen-bond acceptors (Lipinski definition) is 3. The van der Waals surface area contributed by atoms with Gasteiger partial charge < -0.3 is 0 Å². The number of hydrogen-bond donors (Lipinski definition) is 1. The normalized spacial score (nSPS) is 10.5. The van der Waals surface area contributed by atoms with E-state index in [1.54, 1.807) is 25.3 Å². The van der Waals surface area contributed by atoms with E-state index in [-0.39, 0.29) is 5.82 Å². The fraction of sp³-hybridized carbons (Fsp3) is 0.231. The van der Waals surface area contributed by atoms with E-state index in [0.717, 1.165) is 23.5 Å². The topological polar surface area (TPSA) is 25.8 Å². The average Bonchev–Trinajstić information content (AvgIpc) is 2.33. The Hall–Kier alpha value is -1.42. The summed E-state index contributed by atoms with van der Waals surface area (Å²) in [5.74, 6) is 1.28. The van der Waals surface area contributed by atoms with E-state index < -0.39 is 0 Å². The Morgan fingerprint density at radius 1 is 1.29 bits per heavy atom. The van der Waals surface area contributed by atoms with Crippen molar-refractivity contribution in [2.24, 2.45) is 0 Å². The molecular formula is C13H13FN2S. The molecule has 0 radical (unpaired) electrons. The van der Waals surface area contributed by atoms with Gasteiger partial charge in [0.2, 0.25) is 0 Å². The van der Waals surface area contributed by atoms with Gasteiger partial charge in [-0.25, -0.2) is 14.4 Å². The monoisotopic (exact) mass is 248 g/mol. The predicted molar refractivity (Wildman–Crippen MR) is 69.7 cm³/mol. The summed E-state index contributed by atoms with van der Waals surface area (Å²) in [5, 5.41) is 0. The highest BCUT2D eigenvalue weighted by Gasteiger charge is 2.04. The molecule has 0 aliphatic rings. The molecule has 1 heterocycles. The Morgan fingerprint density at radius 2 is 2.12 bits per heavy atom. The van der Waals surface area contributed by atoms with E-state index in [9.17, 15) is 4.39 Å². The van der Waals surface area contributed by atoms with Crippen LogP contribution in [-0.2, 0) is 6.42 Å². The van der Waals surface area contributed by atoms with Crippen molar-refractivity contribution >= 4 is 12.6 Å². The van der Waals surface area contributed by atoms with Gasteiger partial charge in [0, 0.05) is 18.2 Å². The highest BCUT2D eigenvalue weighted by molar-refractivity contribution is 7.80. The van der Waals surface area contributed by atoms with Crippen LogP contribution in [0.3, 0.4) is 0 Å². The molecular weight excluding hydrogens is 235 g/mol. The van der Waals surface area contributed by atoms with Crippen molar-refractivity contribution in [2.45, 2.75) is 13.3 Å². The van der Waals surface area contributed by atoms with Crippen LogP contribution in [0, 0.1) is 12.7 Å². The molecule has 0 spiro atoms. The molecule has 0 saturated carbocycles. The van der Waals surface area contributed by atoms with E-state index in [0.29, 0.717) is 11.3 Å². The number of nitrogens with zero attached hydrogens (tertiary/aromatic N) is 2. The molecule has 1 aromatic carbocycles. The molecule has 0 bridgehead atoms. The Morgan fingerprint density at radius 3 is 2.82 bits per heavy atom. The fourth-order valence-corrected chi connectivity index (χ4v) is 1.78. The van der Waals surface area contributed by atoms with Crippen molar-refractivity contribution in [3.63, 3.8) is 0 Å². The van der Waals surface area contributed by atoms with E-state index in [1.807, 2.05) is 6.07 Å². The van der Waals surface area contributed by atoms with Crippen LogP contribution in [0.15, 0.2) is 30.5 Å². The molecule has 2 rings (SSSR count). The Kier molecular flexibility index (Phi) is 3.74. The Balaban J connectivity index is 2.38. The molecule has 0 aliphatic heterocycles. The third-order valence-electron chi connectivity index (χ3n) is 2.49. The van der Waals surface area contributed by atoms with E-state index >= 15 is 0 Å². The molecule has 88 valence electrons. The van der Waals surface area contributed by atoms with Crippen LogP contribution in [0.25, 0.3) is 11.3 Å². The zero-order valence-electron chi connectivity index (χ0n) is 9.52.